The zero-order valence-electron chi connectivity index (χ0n) is 10.9. The molecule has 2 fully saturated rings. The molecular weight excluding hydrogens is 277 g/mol. The third kappa shape index (κ3) is 4.62. The normalized spacial score (nSPS) is 37.7. The van der Waals surface area contributed by atoms with Crippen LogP contribution in [0.2, 0.25) is 0 Å². The molecule has 110 valence electrons. The minimum atomic E-state index is -4.04. The van der Waals surface area contributed by atoms with Crippen molar-refractivity contribution in [1.82, 2.24) is 0 Å². The van der Waals surface area contributed by atoms with Gasteiger partial charge < -0.3 is 0 Å². The van der Waals surface area contributed by atoms with E-state index in [2.05, 4.69) is 10.2 Å². The summed E-state index contributed by atoms with van der Waals surface area (Å²) in [6.07, 6.45) is 1.21. The number of alkyl halides is 4. The first-order valence-corrected chi connectivity index (χ1v) is 7.49. The molecule has 19 heavy (non-hydrogen) atoms. The van der Waals surface area contributed by atoms with Gasteiger partial charge in [-0.05, 0) is 51.4 Å². The lowest BCUT2D eigenvalue weighted by atomic mass is 9.86. The van der Waals surface area contributed by atoms with Gasteiger partial charge in [-0.1, -0.05) is 0 Å². The van der Waals surface area contributed by atoms with Crippen LogP contribution >= 0.6 is 11.6 Å². The Labute approximate surface area is 116 Å². The second kappa shape index (κ2) is 6.42. The van der Waals surface area contributed by atoms with E-state index >= 15 is 0 Å². The average molecular weight is 297 g/mol. The summed E-state index contributed by atoms with van der Waals surface area (Å²) in [6, 6.07) is 0.225. The molecular formula is C13H20ClF3N2. The molecule has 2 saturated carbocycles. The maximum atomic E-state index is 12.5. The van der Waals surface area contributed by atoms with E-state index in [4.69, 9.17) is 11.6 Å². The summed E-state index contributed by atoms with van der Waals surface area (Å²) >= 11 is 6.01. The molecule has 0 spiro atoms. The van der Waals surface area contributed by atoms with Crippen molar-refractivity contribution in [2.45, 2.75) is 75.0 Å². The molecule has 0 aromatic heterocycles. The molecule has 0 aromatic rings. The number of hydrogen-bond acceptors (Lipinski definition) is 2. The minimum absolute atomic E-state index is 0.00711. The Morgan fingerprint density at radius 1 is 0.737 bits per heavy atom. The highest BCUT2D eigenvalue weighted by molar-refractivity contribution is 6.20. The van der Waals surface area contributed by atoms with Gasteiger partial charge in [0.05, 0.1) is 18.0 Å². The highest BCUT2D eigenvalue weighted by Crippen LogP contribution is 2.38. The van der Waals surface area contributed by atoms with Crippen molar-refractivity contribution in [3.8, 4) is 0 Å². The minimum Gasteiger partial charge on any atom is -0.191 e. The van der Waals surface area contributed by atoms with Crippen LogP contribution in [0.4, 0.5) is 13.2 Å². The predicted molar refractivity (Wildman–Crippen MR) is 68.6 cm³/mol. The number of azo groups is 1. The molecule has 0 atom stereocenters. The predicted octanol–water partition coefficient (Wildman–Crippen LogP) is 5.11. The topological polar surface area (TPSA) is 24.7 Å². The highest BCUT2D eigenvalue weighted by atomic mass is 35.5. The third-order valence-electron chi connectivity index (χ3n) is 4.18. The lowest BCUT2D eigenvalue weighted by Gasteiger charge is -2.27. The van der Waals surface area contributed by atoms with E-state index in [1.165, 1.54) is 0 Å². The van der Waals surface area contributed by atoms with E-state index in [0.717, 1.165) is 25.7 Å². The van der Waals surface area contributed by atoms with Crippen LogP contribution < -0.4 is 0 Å². The lowest BCUT2D eigenvalue weighted by molar-refractivity contribution is -0.182. The first-order chi connectivity index (χ1) is 8.95. The second-order valence-electron chi connectivity index (χ2n) is 5.68. The molecule has 0 aromatic carbocycles. The molecule has 0 N–H and O–H groups in total. The van der Waals surface area contributed by atoms with Gasteiger partial charge in [0.2, 0.25) is 0 Å². The quantitative estimate of drug-likeness (QED) is 0.500. The summed E-state index contributed by atoms with van der Waals surface area (Å²) in [6.45, 7) is 0. The van der Waals surface area contributed by atoms with Crippen LogP contribution in [0.15, 0.2) is 10.2 Å². The zero-order chi connectivity index (χ0) is 13.9. The van der Waals surface area contributed by atoms with Crippen molar-refractivity contribution in [2.24, 2.45) is 16.1 Å². The highest BCUT2D eigenvalue weighted by Gasteiger charge is 2.41. The monoisotopic (exact) mass is 296 g/mol. The number of nitrogens with zero attached hydrogens (tertiary/aromatic N) is 2. The summed E-state index contributed by atoms with van der Waals surface area (Å²) in [4.78, 5) is 0. The van der Waals surface area contributed by atoms with Crippen LogP contribution in [0.5, 0.6) is 0 Å². The van der Waals surface area contributed by atoms with Crippen molar-refractivity contribution in [1.29, 1.82) is 0 Å². The molecule has 0 heterocycles. The SMILES string of the molecule is FC(F)(F)C1CCC(N=NC2CCC(Cl)CC2)CC1. The molecule has 2 aliphatic rings. The molecule has 2 nitrogen and oxygen atoms in total. The first kappa shape index (κ1) is 15.1. The van der Waals surface area contributed by atoms with Gasteiger partial charge in [-0.2, -0.15) is 23.4 Å². The molecule has 2 aliphatic carbocycles. The van der Waals surface area contributed by atoms with Gasteiger partial charge in [-0.15, -0.1) is 11.6 Å². The van der Waals surface area contributed by atoms with Crippen LogP contribution in [0, 0.1) is 5.92 Å². The Kier molecular flexibility index (Phi) is 5.09. The Morgan fingerprint density at radius 2 is 1.16 bits per heavy atom. The van der Waals surface area contributed by atoms with E-state index < -0.39 is 12.1 Å². The fraction of sp³-hybridized carbons (Fsp3) is 1.00. The summed E-state index contributed by atoms with van der Waals surface area (Å²) < 4.78 is 37.5. The van der Waals surface area contributed by atoms with Gasteiger partial charge >= 0.3 is 6.18 Å². The van der Waals surface area contributed by atoms with Crippen LogP contribution in [-0.4, -0.2) is 23.6 Å². The number of halogens is 4. The van der Waals surface area contributed by atoms with E-state index in [0.29, 0.717) is 12.8 Å². The Hall–Kier alpha value is -0.320. The number of hydrogen-bond donors (Lipinski definition) is 0. The molecule has 0 radical (unpaired) electrons. The summed E-state index contributed by atoms with van der Waals surface area (Å²) in [5.74, 6) is -1.13. The van der Waals surface area contributed by atoms with E-state index in [-0.39, 0.29) is 30.3 Å². The van der Waals surface area contributed by atoms with Crippen LogP contribution in [0.1, 0.15) is 51.4 Å². The van der Waals surface area contributed by atoms with Crippen molar-refractivity contribution >= 4 is 11.6 Å². The smallest absolute Gasteiger partial charge is 0.191 e. The van der Waals surface area contributed by atoms with Crippen LogP contribution in [0.25, 0.3) is 0 Å². The fourth-order valence-electron chi connectivity index (χ4n) is 2.86. The van der Waals surface area contributed by atoms with Gasteiger partial charge in [-0.25, -0.2) is 0 Å². The fourth-order valence-corrected chi connectivity index (χ4v) is 3.11. The lowest BCUT2D eigenvalue weighted by Crippen LogP contribution is -2.29. The van der Waals surface area contributed by atoms with Gasteiger partial charge in [0.25, 0.3) is 0 Å². The van der Waals surface area contributed by atoms with Crippen LogP contribution in [-0.2, 0) is 0 Å². The van der Waals surface area contributed by atoms with Gasteiger partial charge in [0, 0.05) is 5.38 Å². The maximum absolute atomic E-state index is 12.5. The summed E-state index contributed by atoms with van der Waals surface area (Å²) in [5.41, 5.74) is 0. The summed E-state index contributed by atoms with van der Waals surface area (Å²) in [5, 5.41) is 8.83. The molecule has 0 bridgehead atoms. The molecule has 6 heteroatoms. The van der Waals surface area contributed by atoms with E-state index in [9.17, 15) is 13.2 Å². The van der Waals surface area contributed by atoms with Crippen molar-refractivity contribution in [3.63, 3.8) is 0 Å². The van der Waals surface area contributed by atoms with Crippen LogP contribution in [0.3, 0.4) is 0 Å². The molecule has 0 amide bonds. The Bertz CT molecular complexity index is 304. The largest absolute Gasteiger partial charge is 0.391 e. The standard InChI is InChI=1S/C13H20ClF3N2/c14-10-3-7-12(8-4-10)19-18-11-5-1-9(2-6-11)13(15,16)17/h9-12H,1-8H2. The van der Waals surface area contributed by atoms with Crippen molar-refractivity contribution in [3.05, 3.63) is 0 Å². The Morgan fingerprint density at radius 3 is 1.58 bits per heavy atom. The third-order valence-corrected chi connectivity index (χ3v) is 4.62. The van der Waals surface area contributed by atoms with Gasteiger partial charge in [0.15, 0.2) is 0 Å². The Balaban J connectivity index is 1.73. The molecule has 0 unspecified atom stereocenters. The van der Waals surface area contributed by atoms with Gasteiger partial charge in [-0.3, -0.25) is 0 Å². The molecule has 2 rings (SSSR count). The van der Waals surface area contributed by atoms with E-state index in [1.54, 1.807) is 0 Å². The zero-order valence-corrected chi connectivity index (χ0v) is 11.6. The summed E-state index contributed by atoms with van der Waals surface area (Å²) in [7, 11) is 0. The molecule has 0 saturated heterocycles. The van der Waals surface area contributed by atoms with Gasteiger partial charge in [0.1, 0.15) is 0 Å². The van der Waals surface area contributed by atoms with E-state index in [1.807, 2.05) is 0 Å². The molecule has 0 aliphatic heterocycles. The number of rotatable bonds is 2. The second-order valence-corrected chi connectivity index (χ2v) is 6.30. The average Bonchev–Trinajstić information content (AvgIpc) is 2.37. The van der Waals surface area contributed by atoms with Crippen molar-refractivity contribution < 1.29 is 13.2 Å². The van der Waals surface area contributed by atoms with Crippen molar-refractivity contribution in [2.75, 3.05) is 0 Å². The first-order valence-electron chi connectivity index (χ1n) is 7.06. The maximum Gasteiger partial charge on any atom is 0.391 e.